The number of halogens is 2. The zero-order valence-electron chi connectivity index (χ0n) is 6.56. The fourth-order valence-electron chi connectivity index (χ4n) is 0.934. The Hall–Kier alpha value is -0.350. The van der Waals surface area contributed by atoms with Crippen LogP contribution in [0.5, 0.6) is 0 Å². The molecule has 0 bridgehead atoms. The van der Waals surface area contributed by atoms with Gasteiger partial charge < -0.3 is 5.32 Å². The number of benzene rings is 1. The van der Waals surface area contributed by atoms with E-state index in [2.05, 4.69) is 48.9 Å². The number of hydrogen-bond acceptors (Lipinski definition) is 2. The molecule has 0 atom stereocenters. The number of aliphatic imine (C=N–C) groups is 1. The van der Waals surface area contributed by atoms with Gasteiger partial charge in [0.2, 0.25) is 0 Å². The van der Waals surface area contributed by atoms with Crippen molar-refractivity contribution in [3.05, 3.63) is 21.1 Å². The van der Waals surface area contributed by atoms with Gasteiger partial charge in [-0.05, 0) is 50.7 Å². The van der Waals surface area contributed by atoms with Crippen molar-refractivity contribution in [2.75, 3.05) is 12.4 Å². The molecule has 1 rings (SSSR count). The van der Waals surface area contributed by atoms with Crippen molar-refractivity contribution in [3.8, 4) is 0 Å². The van der Waals surface area contributed by atoms with Crippen molar-refractivity contribution >= 4 is 50.0 Å². The summed E-state index contributed by atoms with van der Waals surface area (Å²) >= 11 is 6.80. The Labute approximate surface area is 88.3 Å². The average molecular weight is 292 g/mol. The summed E-state index contributed by atoms with van der Waals surface area (Å²) in [4.78, 5) is 3.91. The van der Waals surface area contributed by atoms with Crippen molar-refractivity contribution in [1.29, 1.82) is 0 Å². The molecule has 0 heterocycles. The van der Waals surface area contributed by atoms with Crippen LogP contribution in [-0.2, 0) is 0 Å². The van der Waals surface area contributed by atoms with Crippen LogP contribution in [0, 0.1) is 0 Å². The molecule has 1 aromatic carbocycles. The molecule has 0 saturated carbocycles. The molecule has 0 unspecified atom stereocenters. The summed E-state index contributed by atoms with van der Waals surface area (Å²) in [6.45, 7) is 3.50. The first-order chi connectivity index (χ1) is 5.70. The van der Waals surface area contributed by atoms with Crippen LogP contribution in [0.4, 0.5) is 11.4 Å². The van der Waals surface area contributed by atoms with Gasteiger partial charge in [-0.1, -0.05) is 0 Å². The molecule has 0 aliphatic carbocycles. The summed E-state index contributed by atoms with van der Waals surface area (Å²) in [7, 11) is 1.85. The molecule has 0 aromatic heterocycles. The number of hydrogen-bond donors (Lipinski definition) is 1. The number of rotatable bonds is 2. The summed E-state index contributed by atoms with van der Waals surface area (Å²) in [6.07, 6.45) is 0. The summed E-state index contributed by atoms with van der Waals surface area (Å²) < 4.78 is 1.92. The van der Waals surface area contributed by atoms with Crippen LogP contribution in [0.1, 0.15) is 0 Å². The maximum Gasteiger partial charge on any atom is 0.101 e. The predicted molar refractivity (Wildman–Crippen MR) is 60.6 cm³/mol. The molecule has 0 fully saturated rings. The Morgan fingerprint density at radius 2 is 1.92 bits per heavy atom. The van der Waals surface area contributed by atoms with Crippen LogP contribution in [0.25, 0.3) is 0 Å². The van der Waals surface area contributed by atoms with E-state index in [1.54, 1.807) is 0 Å². The fraction of sp³-hybridized carbons (Fsp3) is 0.125. The van der Waals surface area contributed by atoms with E-state index < -0.39 is 0 Å². The van der Waals surface area contributed by atoms with E-state index in [1.807, 2.05) is 19.2 Å². The quantitative estimate of drug-likeness (QED) is 0.828. The Morgan fingerprint density at radius 1 is 1.33 bits per heavy atom. The lowest BCUT2D eigenvalue weighted by molar-refractivity contribution is 1.42. The topological polar surface area (TPSA) is 24.4 Å². The SMILES string of the molecule is C=Nc1c(Br)ccc(Br)c1NC. The first kappa shape index (κ1) is 9.74. The second-order valence-corrected chi connectivity index (χ2v) is 3.87. The first-order valence-electron chi connectivity index (χ1n) is 3.33. The highest BCUT2D eigenvalue weighted by atomic mass is 79.9. The van der Waals surface area contributed by atoms with Crippen molar-refractivity contribution in [3.63, 3.8) is 0 Å². The largest absolute Gasteiger partial charge is 0.385 e. The fourth-order valence-corrected chi connectivity index (χ4v) is 1.91. The minimum absolute atomic E-state index is 0.826. The third-order valence-corrected chi connectivity index (χ3v) is 2.79. The summed E-state index contributed by atoms with van der Waals surface area (Å²) in [5.41, 5.74) is 1.77. The van der Waals surface area contributed by atoms with E-state index in [4.69, 9.17) is 0 Å². The maximum absolute atomic E-state index is 3.91. The van der Waals surface area contributed by atoms with E-state index in [0.717, 1.165) is 20.3 Å². The van der Waals surface area contributed by atoms with E-state index >= 15 is 0 Å². The molecule has 0 spiro atoms. The van der Waals surface area contributed by atoms with Gasteiger partial charge in [0.15, 0.2) is 0 Å². The lowest BCUT2D eigenvalue weighted by Gasteiger charge is -2.08. The zero-order chi connectivity index (χ0) is 9.14. The molecule has 1 N–H and O–H groups in total. The van der Waals surface area contributed by atoms with E-state index in [-0.39, 0.29) is 0 Å². The molecular weight excluding hydrogens is 284 g/mol. The van der Waals surface area contributed by atoms with Crippen LogP contribution in [-0.4, -0.2) is 13.8 Å². The molecule has 64 valence electrons. The van der Waals surface area contributed by atoms with Gasteiger partial charge in [-0.2, -0.15) is 0 Å². The minimum atomic E-state index is 0.826. The monoisotopic (exact) mass is 290 g/mol. The highest BCUT2D eigenvalue weighted by Gasteiger charge is 2.06. The number of nitrogens with zero attached hydrogens (tertiary/aromatic N) is 1. The van der Waals surface area contributed by atoms with Crippen LogP contribution in [0.15, 0.2) is 26.1 Å². The van der Waals surface area contributed by atoms with Crippen molar-refractivity contribution in [2.45, 2.75) is 0 Å². The van der Waals surface area contributed by atoms with Crippen molar-refractivity contribution in [2.24, 2.45) is 4.99 Å². The average Bonchev–Trinajstić information content (AvgIpc) is 2.08. The molecule has 0 saturated heterocycles. The first-order valence-corrected chi connectivity index (χ1v) is 4.91. The molecule has 0 amide bonds. The highest BCUT2D eigenvalue weighted by Crippen LogP contribution is 2.38. The molecule has 0 aliphatic rings. The molecule has 12 heavy (non-hydrogen) atoms. The minimum Gasteiger partial charge on any atom is -0.385 e. The lowest BCUT2D eigenvalue weighted by atomic mass is 10.3. The van der Waals surface area contributed by atoms with Gasteiger partial charge >= 0.3 is 0 Å². The summed E-state index contributed by atoms with van der Waals surface area (Å²) in [6, 6.07) is 3.87. The Kier molecular flexibility index (Phi) is 3.29. The van der Waals surface area contributed by atoms with Crippen LogP contribution < -0.4 is 5.32 Å². The second-order valence-electron chi connectivity index (χ2n) is 2.16. The zero-order valence-corrected chi connectivity index (χ0v) is 9.74. The molecule has 0 radical (unpaired) electrons. The Balaban J connectivity index is 3.38. The van der Waals surface area contributed by atoms with Gasteiger partial charge in [-0.15, -0.1) is 0 Å². The van der Waals surface area contributed by atoms with Gasteiger partial charge in [0.25, 0.3) is 0 Å². The maximum atomic E-state index is 3.91. The Bertz CT molecular complexity index is 310. The predicted octanol–water partition coefficient (Wildman–Crippen LogP) is 3.59. The molecule has 0 aliphatic heterocycles. The van der Waals surface area contributed by atoms with Crippen molar-refractivity contribution < 1.29 is 0 Å². The summed E-state index contributed by atoms with van der Waals surface area (Å²) in [5, 5.41) is 3.04. The van der Waals surface area contributed by atoms with E-state index in [1.165, 1.54) is 0 Å². The van der Waals surface area contributed by atoms with E-state index in [9.17, 15) is 0 Å². The van der Waals surface area contributed by atoms with E-state index in [0.29, 0.717) is 0 Å². The van der Waals surface area contributed by atoms with Gasteiger partial charge in [0.1, 0.15) is 5.69 Å². The van der Waals surface area contributed by atoms with Crippen LogP contribution in [0.2, 0.25) is 0 Å². The third-order valence-electron chi connectivity index (χ3n) is 1.49. The van der Waals surface area contributed by atoms with Crippen LogP contribution >= 0.6 is 31.9 Å². The molecule has 2 nitrogen and oxygen atoms in total. The summed E-state index contributed by atoms with van der Waals surface area (Å²) in [5.74, 6) is 0. The van der Waals surface area contributed by atoms with Crippen molar-refractivity contribution in [1.82, 2.24) is 0 Å². The van der Waals surface area contributed by atoms with Crippen LogP contribution in [0.3, 0.4) is 0 Å². The molecule has 1 aromatic rings. The van der Waals surface area contributed by atoms with Gasteiger partial charge in [-0.3, -0.25) is 4.99 Å². The molecular formula is C8H8Br2N2. The smallest absolute Gasteiger partial charge is 0.101 e. The molecule has 4 heteroatoms. The standard InChI is InChI=1S/C8H8Br2N2/c1-11-7-5(9)3-4-6(10)8(7)12-2/h3-4,12H,1H2,2H3. The number of nitrogens with one attached hydrogen (secondary N) is 1. The Morgan fingerprint density at radius 3 is 2.33 bits per heavy atom. The van der Waals surface area contributed by atoms with Gasteiger partial charge in [0.05, 0.1) is 5.69 Å². The van der Waals surface area contributed by atoms with Gasteiger partial charge in [-0.25, -0.2) is 0 Å². The lowest BCUT2D eigenvalue weighted by Crippen LogP contribution is -1.90. The normalized spacial score (nSPS) is 9.58. The third kappa shape index (κ3) is 1.69. The number of anilines is 1. The second kappa shape index (κ2) is 4.05. The highest BCUT2D eigenvalue weighted by molar-refractivity contribution is 9.11. The van der Waals surface area contributed by atoms with Gasteiger partial charge in [0, 0.05) is 16.0 Å².